The Morgan fingerprint density at radius 1 is 1.45 bits per heavy atom. The van der Waals surface area contributed by atoms with Crippen molar-refractivity contribution in [2.45, 2.75) is 31.5 Å². The summed E-state index contributed by atoms with van der Waals surface area (Å²) in [5.41, 5.74) is 7.27. The van der Waals surface area contributed by atoms with Gasteiger partial charge in [0.15, 0.2) is 5.84 Å². The lowest BCUT2D eigenvalue weighted by molar-refractivity contribution is 0.0170. The van der Waals surface area contributed by atoms with Crippen LogP contribution in [0.5, 0.6) is 5.75 Å². The highest BCUT2D eigenvalue weighted by Gasteiger charge is 2.28. The molecular weight excluding hydrogens is 258 g/mol. The number of hydrogen-bond donors (Lipinski definition) is 3. The Balaban J connectivity index is 1.96. The molecule has 1 aromatic rings. The first-order valence-corrected chi connectivity index (χ1v) is 6.59. The predicted octanol–water partition coefficient (Wildman–Crippen LogP) is 1.06. The fourth-order valence-electron chi connectivity index (χ4n) is 2.30. The molecule has 1 aliphatic carbocycles. The zero-order valence-electron chi connectivity index (χ0n) is 11.8. The second kappa shape index (κ2) is 6.58. The van der Waals surface area contributed by atoms with Gasteiger partial charge in [-0.3, -0.25) is 0 Å². The van der Waals surface area contributed by atoms with E-state index in [0.717, 1.165) is 24.9 Å². The molecule has 0 saturated heterocycles. The van der Waals surface area contributed by atoms with Crippen molar-refractivity contribution in [1.82, 2.24) is 5.32 Å². The van der Waals surface area contributed by atoms with E-state index < -0.39 is 0 Å². The molecule has 6 nitrogen and oxygen atoms in total. The number of nitrogens with zero attached hydrogens (tertiary/aromatic N) is 1. The van der Waals surface area contributed by atoms with Crippen molar-refractivity contribution in [2.75, 3.05) is 14.2 Å². The number of rotatable bonds is 6. The SMILES string of the molecule is COc1cc(CNC2CC(OC)C2)ccc1/C(N)=N/O. The van der Waals surface area contributed by atoms with Crippen LogP contribution in [-0.2, 0) is 11.3 Å². The van der Waals surface area contributed by atoms with E-state index >= 15 is 0 Å². The molecule has 0 amide bonds. The summed E-state index contributed by atoms with van der Waals surface area (Å²) >= 11 is 0. The van der Waals surface area contributed by atoms with Crippen LogP contribution in [0.1, 0.15) is 24.0 Å². The van der Waals surface area contributed by atoms with E-state index in [1.807, 2.05) is 12.1 Å². The summed E-state index contributed by atoms with van der Waals surface area (Å²) in [6.45, 7) is 0.758. The van der Waals surface area contributed by atoms with Gasteiger partial charge in [-0.2, -0.15) is 0 Å². The first-order valence-electron chi connectivity index (χ1n) is 6.59. The van der Waals surface area contributed by atoms with Gasteiger partial charge < -0.3 is 25.7 Å². The zero-order valence-corrected chi connectivity index (χ0v) is 11.8. The number of nitrogens with two attached hydrogens (primary N) is 1. The Morgan fingerprint density at radius 3 is 2.80 bits per heavy atom. The average molecular weight is 279 g/mol. The van der Waals surface area contributed by atoms with Crippen LogP contribution in [0.4, 0.5) is 0 Å². The van der Waals surface area contributed by atoms with Gasteiger partial charge in [0.05, 0.1) is 18.8 Å². The van der Waals surface area contributed by atoms with E-state index in [1.165, 1.54) is 0 Å². The van der Waals surface area contributed by atoms with Crippen molar-refractivity contribution >= 4 is 5.84 Å². The average Bonchev–Trinajstić information content (AvgIpc) is 2.44. The maximum atomic E-state index is 8.72. The number of ether oxygens (including phenoxy) is 2. The normalized spacial score (nSPS) is 22.4. The Kier molecular flexibility index (Phi) is 4.81. The lowest BCUT2D eigenvalue weighted by Crippen LogP contribution is -2.44. The molecule has 6 heteroatoms. The summed E-state index contributed by atoms with van der Waals surface area (Å²) in [7, 11) is 3.31. The third-order valence-corrected chi connectivity index (χ3v) is 3.67. The van der Waals surface area contributed by atoms with Gasteiger partial charge in [-0.15, -0.1) is 0 Å². The summed E-state index contributed by atoms with van der Waals surface area (Å²) in [5, 5.41) is 15.2. The quantitative estimate of drug-likeness (QED) is 0.313. The molecule has 1 fully saturated rings. The van der Waals surface area contributed by atoms with Crippen molar-refractivity contribution in [3.63, 3.8) is 0 Å². The topological polar surface area (TPSA) is 89.1 Å². The molecule has 0 heterocycles. The Bertz CT molecular complexity index is 485. The van der Waals surface area contributed by atoms with Crippen molar-refractivity contribution < 1.29 is 14.7 Å². The van der Waals surface area contributed by atoms with E-state index in [-0.39, 0.29) is 5.84 Å². The first kappa shape index (κ1) is 14.6. The van der Waals surface area contributed by atoms with Gasteiger partial charge in [0.25, 0.3) is 0 Å². The van der Waals surface area contributed by atoms with Crippen LogP contribution in [-0.4, -0.2) is 37.4 Å². The molecule has 1 aromatic carbocycles. The molecule has 20 heavy (non-hydrogen) atoms. The minimum absolute atomic E-state index is 0.0447. The second-order valence-electron chi connectivity index (χ2n) is 4.93. The van der Waals surface area contributed by atoms with Crippen molar-refractivity contribution in [2.24, 2.45) is 10.9 Å². The summed E-state index contributed by atoms with van der Waals surface area (Å²) in [6, 6.07) is 6.14. The molecule has 0 atom stereocenters. The maximum Gasteiger partial charge on any atom is 0.173 e. The van der Waals surface area contributed by atoms with Gasteiger partial charge >= 0.3 is 0 Å². The third kappa shape index (κ3) is 3.20. The van der Waals surface area contributed by atoms with Gasteiger partial charge in [-0.05, 0) is 30.5 Å². The van der Waals surface area contributed by atoms with Crippen LogP contribution in [0, 0.1) is 0 Å². The van der Waals surface area contributed by atoms with Crippen LogP contribution in [0.3, 0.4) is 0 Å². The molecule has 0 radical (unpaired) electrons. The second-order valence-corrected chi connectivity index (χ2v) is 4.93. The van der Waals surface area contributed by atoms with Crippen molar-refractivity contribution in [1.29, 1.82) is 0 Å². The summed E-state index contributed by atoms with van der Waals surface area (Å²) in [5.74, 6) is 0.645. The summed E-state index contributed by atoms with van der Waals surface area (Å²) < 4.78 is 10.5. The van der Waals surface area contributed by atoms with Gasteiger partial charge in [0.1, 0.15) is 5.75 Å². The molecule has 2 rings (SSSR count). The highest BCUT2D eigenvalue weighted by Crippen LogP contribution is 2.24. The van der Waals surface area contributed by atoms with Crippen LogP contribution in [0.15, 0.2) is 23.4 Å². The maximum absolute atomic E-state index is 8.72. The molecular formula is C14H21N3O3. The molecule has 1 aliphatic rings. The van der Waals surface area contributed by atoms with Crippen molar-refractivity contribution in [3.8, 4) is 5.75 Å². The van der Waals surface area contributed by atoms with Gasteiger partial charge in [-0.25, -0.2) is 0 Å². The lowest BCUT2D eigenvalue weighted by atomic mass is 9.89. The molecule has 0 spiro atoms. The largest absolute Gasteiger partial charge is 0.496 e. The van der Waals surface area contributed by atoms with E-state index in [2.05, 4.69) is 10.5 Å². The van der Waals surface area contributed by atoms with Crippen LogP contribution >= 0.6 is 0 Å². The van der Waals surface area contributed by atoms with Crippen LogP contribution in [0.2, 0.25) is 0 Å². The van der Waals surface area contributed by atoms with E-state index in [1.54, 1.807) is 20.3 Å². The smallest absolute Gasteiger partial charge is 0.173 e. The molecule has 1 saturated carbocycles. The number of amidine groups is 1. The van der Waals surface area contributed by atoms with E-state index in [9.17, 15) is 0 Å². The highest BCUT2D eigenvalue weighted by atomic mass is 16.5. The molecule has 0 bridgehead atoms. The van der Waals surface area contributed by atoms with Gasteiger partial charge in [0, 0.05) is 19.7 Å². The zero-order chi connectivity index (χ0) is 14.5. The number of oxime groups is 1. The minimum atomic E-state index is 0.0447. The molecule has 0 aliphatic heterocycles. The summed E-state index contributed by atoms with van der Waals surface area (Å²) in [4.78, 5) is 0. The highest BCUT2D eigenvalue weighted by molar-refractivity contribution is 5.99. The Morgan fingerprint density at radius 2 is 2.20 bits per heavy atom. The van der Waals surface area contributed by atoms with Gasteiger partial charge in [-0.1, -0.05) is 11.2 Å². The van der Waals surface area contributed by atoms with E-state index in [4.69, 9.17) is 20.4 Å². The molecule has 110 valence electrons. The molecule has 0 unspecified atom stereocenters. The first-order chi connectivity index (χ1) is 9.67. The molecule has 0 aromatic heterocycles. The Labute approximate surface area is 118 Å². The standard InChI is InChI=1S/C14H21N3O3/c1-19-11-6-10(7-11)16-8-9-3-4-12(14(15)17-18)13(5-9)20-2/h3-5,10-11,16,18H,6-8H2,1-2H3,(H2,15,17). The molecule has 4 N–H and O–H groups in total. The predicted molar refractivity (Wildman–Crippen MR) is 76.2 cm³/mol. The number of benzene rings is 1. The number of methoxy groups -OCH3 is 2. The van der Waals surface area contributed by atoms with Crippen LogP contribution in [0.25, 0.3) is 0 Å². The minimum Gasteiger partial charge on any atom is -0.496 e. The monoisotopic (exact) mass is 279 g/mol. The third-order valence-electron chi connectivity index (χ3n) is 3.67. The fraction of sp³-hybridized carbons (Fsp3) is 0.500. The van der Waals surface area contributed by atoms with Crippen LogP contribution < -0.4 is 15.8 Å². The van der Waals surface area contributed by atoms with E-state index in [0.29, 0.717) is 23.5 Å². The number of hydrogen-bond acceptors (Lipinski definition) is 5. The Hall–Kier alpha value is -1.79. The summed E-state index contributed by atoms with van der Waals surface area (Å²) in [6.07, 6.45) is 2.50. The lowest BCUT2D eigenvalue weighted by Gasteiger charge is -2.34. The fourth-order valence-corrected chi connectivity index (χ4v) is 2.30. The number of nitrogens with one attached hydrogen (secondary N) is 1. The van der Waals surface area contributed by atoms with Gasteiger partial charge in [0.2, 0.25) is 0 Å². The van der Waals surface area contributed by atoms with Crippen molar-refractivity contribution in [3.05, 3.63) is 29.3 Å².